The van der Waals surface area contributed by atoms with Gasteiger partial charge in [-0.25, -0.2) is 0 Å². The van der Waals surface area contributed by atoms with Crippen LogP contribution < -0.4 is 5.32 Å². The van der Waals surface area contributed by atoms with E-state index in [-0.39, 0.29) is 24.0 Å². The van der Waals surface area contributed by atoms with Crippen molar-refractivity contribution in [3.63, 3.8) is 0 Å². The van der Waals surface area contributed by atoms with E-state index in [4.69, 9.17) is 4.74 Å². The summed E-state index contributed by atoms with van der Waals surface area (Å²) in [5.41, 5.74) is 0.737. The number of amides is 2. The maximum atomic E-state index is 13.6. The number of fused-ring (bicyclic) bond motifs is 3. The van der Waals surface area contributed by atoms with E-state index in [9.17, 15) is 9.59 Å². The van der Waals surface area contributed by atoms with Gasteiger partial charge in [-0.3, -0.25) is 9.59 Å². The van der Waals surface area contributed by atoms with E-state index < -0.39 is 5.54 Å². The molecule has 6 heteroatoms. The Morgan fingerprint density at radius 2 is 1.97 bits per heavy atom. The first kappa shape index (κ1) is 21.9. The zero-order chi connectivity index (χ0) is 22.0. The maximum Gasteiger partial charge on any atom is 0.271 e. The summed E-state index contributed by atoms with van der Waals surface area (Å²) in [6, 6.07) is 10.2. The molecule has 1 unspecified atom stereocenters. The average Bonchev–Trinajstić information content (AvgIpc) is 3.12. The molecule has 1 aliphatic heterocycles. The molecule has 1 aromatic heterocycles. The average molecular weight is 426 g/mol. The van der Waals surface area contributed by atoms with E-state index in [1.54, 1.807) is 4.90 Å². The summed E-state index contributed by atoms with van der Waals surface area (Å²) in [5, 5.41) is 4.32. The smallest absolute Gasteiger partial charge is 0.271 e. The molecule has 4 rings (SSSR count). The molecule has 31 heavy (non-hydrogen) atoms. The minimum Gasteiger partial charge on any atom is -0.379 e. The first-order valence-corrected chi connectivity index (χ1v) is 11.7. The van der Waals surface area contributed by atoms with Gasteiger partial charge < -0.3 is 19.5 Å². The third-order valence-electron chi connectivity index (χ3n) is 6.74. The normalized spacial score (nSPS) is 22.2. The Bertz CT molecular complexity index is 945. The van der Waals surface area contributed by atoms with Crippen molar-refractivity contribution >= 4 is 22.7 Å². The van der Waals surface area contributed by atoms with Crippen LogP contribution in [0.1, 0.15) is 69.8 Å². The molecule has 1 aliphatic carbocycles. The van der Waals surface area contributed by atoms with Gasteiger partial charge in [0.05, 0.1) is 12.6 Å². The highest BCUT2D eigenvalue weighted by Crippen LogP contribution is 2.33. The second-order valence-electron chi connectivity index (χ2n) is 9.49. The van der Waals surface area contributed by atoms with Gasteiger partial charge in [-0.05, 0) is 52.2 Å². The molecular formula is C25H35N3O3. The number of carbonyl (C=O) groups is 2. The molecular weight excluding hydrogens is 390 g/mol. The van der Waals surface area contributed by atoms with Gasteiger partial charge in [-0.2, -0.15) is 0 Å². The van der Waals surface area contributed by atoms with Crippen molar-refractivity contribution in [2.75, 3.05) is 13.2 Å². The van der Waals surface area contributed by atoms with E-state index in [2.05, 4.69) is 5.32 Å². The standard InChI is InChI=1S/C25H35N3O3/c1-18(2)31-15-9-14-28-23(29)22-16-19-10-7-8-13-21(19)27(22)17-25(28,3)24(30)26-20-11-5-4-6-12-20/h7-8,10,13,16,18,20H,4-6,9,11-12,14-15,17H2,1-3H3,(H,26,30). The fourth-order valence-electron chi connectivity index (χ4n) is 4.99. The van der Waals surface area contributed by atoms with Crippen LogP contribution in [-0.4, -0.2) is 52.1 Å². The van der Waals surface area contributed by atoms with Gasteiger partial charge in [-0.15, -0.1) is 0 Å². The molecule has 1 aromatic carbocycles. The highest BCUT2D eigenvalue weighted by atomic mass is 16.5. The molecule has 1 atom stereocenters. The van der Waals surface area contributed by atoms with E-state index in [0.717, 1.165) is 36.6 Å². The van der Waals surface area contributed by atoms with Crippen LogP contribution in [0, 0.1) is 0 Å². The number of benzene rings is 1. The zero-order valence-electron chi connectivity index (χ0n) is 19.0. The molecule has 2 heterocycles. The van der Waals surface area contributed by atoms with Crippen LogP contribution in [0.4, 0.5) is 0 Å². The fraction of sp³-hybridized carbons (Fsp3) is 0.600. The number of hydrogen-bond donors (Lipinski definition) is 1. The second kappa shape index (κ2) is 9.03. The van der Waals surface area contributed by atoms with Crippen molar-refractivity contribution in [2.24, 2.45) is 0 Å². The van der Waals surface area contributed by atoms with Crippen LogP contribution in [0.15, 0.2) is 30.3 Å². The minimum absolute atomic E-state index is 0.0408. The lowest BCUT2D eigenvalue weighted by Gasteiger charge is -2.45. The summed E-state index contributed by atoms with van der Waals surface area (Å²) in [6.07, 6.45) is 6.46. The number of rotatable bonds is 7. The van der Waals surface area contributed by atoms with Crippen LogP contribution in [0.3, 0.4) is 0 Å². The Kier molecular flexibility index (Phi) is 6.37. The van der Waals surface area contributed by atoms with Crippen molar-refractivity contribution in [3.05, 3.63) is 36.0 Å². The molecule has 1 N–H and O–H groups in total. The van der Waals surface area contributed by atoms with E-state index in [1.807, 2.05) is 55.7 Å². The van der Waals surface area contributed by atoms with Gasteiger partial charge in [-0.1, -0.05) is 37.5 Å². The van der Waals surface area contributed by atoms with Crippen LogP contribution in [0.25, 0.3) is 10.9 Å². The zero-order valence-corrected chi connectivity index (χ0v) is 19.0. The van der Waals surface area contributed by atoms with Gasteiger partial charge in [0.15, 0.2) is 0 Å². The molecule has 0 spiro atoms. The summed E-state index contributed by atoms with van der Waals surface area (Å²) in [7, 11) is 0. The Labute approximate surface area is 184 Å². The summed E-state index contributed by atoms with van der Waals surface area (Å²) in [6.45, 7) is 7.47. The number of ether oxygens (including phenoxy) is 1. The largest absolute Gasteiger partial charge is 0.379 e. The predicted octanol–water partition coefficient (Wildman–Crippen LogP) is 4.12. The highest BCUT2D eigenvalue weighted by molar-refractivity contribution is 6.03. The molecule has 1 fully saturated rings. The van der Waals surface area contributed by atoms with Gasteiger partial charge in [0.2, 0.25) is 5.91 Å². The SMILES string of the molecule is CC(C)OCCCN1C(=O)c2cc3ccccc3n2CC1(C)C(=O)NC1CCCCC1. The van der Waals surface area contributed by atoms with Gasteiger partial charge >= 0.3 is 0 Å². The second-order valence-corrected chi connectivity index (χ2v) is 9.49. The predicted molar refractivity (Wildman–Crippen MR) is 122 cm³/mol. The third kappa shape index (κ3) is 4.36. The van der Waals surface area contributed by atoms with Crippen molar-refractivity contribution in [3.8, 4) is 0 Å². The Morgan fingerprint density at radius 1 is 1.23 bits per heavy atom. The molecule has 0 bridgehead atoms. The fourth-order valence-corrected chi connectivity index (χ4v) is 4.99. The van der Waals surface area contributed by atoms with Crippen LogP contribution in [0.2, 0.25) is 0 Å². The van der Waals surface area contributed by atoms with E-state index >= 15 is 0 Å². The number of carbonyl (C=O) groups excluding carboxylic acids is 2. The van der Waals surface area contributed by atoms with Gasteiger partial charge in [0.1, 0.15) is 11.2 Å². The Balaban J connectivity index is 1.63. The summed E-state index contributed by atoms with van der Waals surface area (Å²) in [4.78, 5) is 29.0. The van der Waals surface area contributed by atoms with E-state index in [0.29, 0.717) is 31.8 Å². The molecule has 1 saturated carbocycles. The van der Waals surface area contributed by atoms with E-state index in [1.165, 1.54) is 6.42 Å². The quantitative estimate of drug-likeness (QED) is 0.679. The van der Waals surface area contributed by atoms with Crippen molar-refractivity contribution < 1.29 is 14.3 Å². The summed E-state index contributed by atoms with van der Waals surface area (Å²) < 4.78 is 7.72. The number of nitrogens with one attached hydrogen (secondary N) is 1. The molecule has 168 valence electrons. The topological polar surface area (TPSA) is 63.6 Å². The molecule has 2 amide bonds. The third-order valence-corrected chi connectivity index (χ3v) is 6.74. The molecule has 2 aliphatic rings. The summed E-state index contributed by atoms with van der Waals surface area (Å²) in [5.74, 6) is -0.116. The van der Waals surface area contributed by atoms with Crippen molar-refractivity contribution in [1.29, 1.82) is 0 Å². The van der Waals surface area contributed by atoms with Crippen molar-refractivity contribution in [2.45, 2.75) is 83.5 Å². The maximum absolute atomic E-state index is 13.6. The molecule has 0 radical (unpaired) electrons. The van der Waals surface area contributed by atoms with Gasteiger partial charge in [0, 0.05) is 30.1 Å². The van der Waals surface area contributed by atoms with Crippen LogP contribution in [-0.2, 0) is 16.1 Å². The van der Waals surface area contributed by atoms with Crippen molar-refractivity contribution in [1.82, 2.24) is 14.8 Å². The Hall–Kier alpha value is -2.34. The van der Waals surface area contributed by atoms with Crippen LogP contribution in [0.5, 0.6) is 0 Å². The number of aromatic nitrogens is 1. The Morgan fingerprint density at radius 3 is 2.71 bits per heavy atom. The highest BCUT2D eigenvalue weighted by Gasteiger charge is 2.47. The number of para-hydroxylation sites is 1. The van der Waals surface area contributed by atoms with Crippen LogP contribution >= 0.6 is 0 Å². The first-order chi connectivity index (χ1) is 14.9. The lowest BCUT2D eigenvalue weighted by molar-refractivity contribution is -0.134. The molecule has 0 saturated heterocycles. The molecule has 6 nitrogen and oxygen atoms in total. The lowest BCUT2D eigenvalue weighted by atomic mass is 9.91. The van der Waals surface area contributed by atoms with Gasteiger partial charge in [0.25, 0.3) is 5.91 Å². The molecule has 2 aromatic rings. The number of nitrogens with zero attached hydrogens (tertiary/aromatic N) is 2. The number of hydrogen-bond acceptors (Lipinski definition) is 3. The minimum atomic E-state index is -0.929. The monoisotopic (exact) mass is 425 g/mol. The first-order valence-electron chi connectivity index (χ1n) is 11.7. The summed E-state index contributed by atoms with van der Waals surface area (Å²) >= 11 is 0. The lowest BCUT2D eigenvalue weighted by Crippen LogP contribution is -2.65.